The predicted octanol–water partition coefficient (Wildman–Crippen LogP) is 5.41. The van der Waals surface area contributed by atoms with Gasteiger partial charge in [-0.05, 0) is 53.4 Å². The molecule has 11 nitrogen and oxygen atoms in total. The van der Waals surface area contributed by atoms with Crippen molar-refractivity contribution in [3.05, 3.63) is 52.7 Å². The number of likely N-dealkylation sites (tertiary alicyclic amines) is 1. The summed E-state index contributed by atoms with van der Waals surface area (Å²) in [7, 11) is 0. The fourth-order valence-corrected chi connectivity index (χ4v) is 6.13. The highest BCUT2D eigenvalue weighted by Gasteiger charge is 2.46. The number of hydrogen-bond donors (Lipinski definition) is 2. The summed E-state index contributed by atoms with van der Waals surface area (Å²) in [6.07, 6.45) is 1.25. The number of hydrogen-bond acceptors (Lipinski definition) is 9. The molecule has 0 unspecified atom stereocenters. The molecule has 4 heterocycles. The van der Waals surface area contributed by atoms with E-state index in [9.17, 15) is 9.59 Å². The molecule has 47 heavy (non-hydrogen) atoms. The molecule has 0 aliphatic carbocycles. The van der Waals surface area contributed by atoms with E-state index in [0.29, 0.717) is 37.7 Å². The Hall–Kier alpha value is -3.49. The first kappa shape index (κ1) is 34.8. The smallest absolute Gasteiger partial charge is 0.410 e. The Kier molecular flexibility index (Phi) is 10.9. The molecule has 1 aromatic carbocycles. The number of ether oxygens (including phenoxy) is 4. The highest BCUT2D eigenvalue weighted by Crippen LogP contribution is 2.44. The highest BCUT2D eigenvalue weighted by atomic mass is 19.3. The zero-order valence-corrected chi connectivity index (χ0v) is 27.3. The van der Waals surface area contributed by atoms with Crippen LogP contribution in [0, 0.1) is 11.7 Å². The van der Waals surface area contributed by atoms with E-state index in [-0.39, 0.29) is 55.7 Å². The summed E-state index contributed by atoms with van der Waals surface area (Å²) in [6.45, 7) is 8.85. The molecule has 14 heteroatoms. The lowest BCUT2D eigenvalue weighted by atomic mass is 9.85. The van der Waals surface area contributed by atoms with E-state index in [0.717, 1.165) is 18.9 Å². The molecule has 0 spiro atoms. The van der Waals surface area contributed by atoms with Crippen LogP contribution >= 0.6 is 0 Å². The van der Waals surface area contributed by atoms with Crippen LogP contribution in [0.25, 0.3) is 0 Å². The zero-order valence-electron chi connectivity index (χ0n) is 27.3. The summed E-state index contributed by atoms with van der Waals surface area (Å²) in [4.78, 5) is 35.5. The molecule has 2 N–H and O–H groups in total. The molecule has 3 saturated heterocycles. The molecule has 0 saturated carbocycles. The Labute approximate surface area is 272 Å². The number of benzene rings is 1. The first-order valence-corrected chi connectivity index (χ1v) is 16.2. The van der Waals surface area contributed by atoms with Crippen LogP contribution in [-0.4, -0.2) is 78.0 Å². The lowest BCUT2D eigenvalue weighted by Crippen LogP contribution is -2.44. The molecule has 0 bridgehead atoms. The van der Waals surface area contributed by atoms with Crippen LogP contribution in [0.4, 0.5) is 23.8 Å². The minimum atomic E-state index is -3.48. The SMILES string of the molecule is C[C@@H](Nc1ncnc(CC(=O)NC2CCOCC2)c1C1OCCO1)c1cccc(C(F)(F)C2CCN(C(=O)OC(C)(C)C)CC2)c1F. The van der Waals surface area contributed by atoms with E-state index < -0.39 is 47.2 Å². The van der Waals surface area contributed by atoms with Crippen LogP contribution in [-0.2, 0) is 36.1 Å². The first-order chi connectivity index (χ1) is 22.3. The monoisotopic (exact) mass is 663 g/mol. The molecule has 2 amide bonds. The molecule has 0 radical (unpaired) electrons. The van der Waals surface area contributed by atoms with Gasteiger partial charge in [-0.3, -0.25) is 4.79 Å². The highest BCUT2D eigenvalue weighted by molar-refractivity contribution is 5.79. The standard InChI is InChI=1S/C33H44F3N5O6/c1-20(23-6-5-7-24(28(23)34)33(35,36)21-8-12-41(13-9-21)31(43)47-32(2,3)4)39-29-27(30-45-16-17-46-30)25(37-19-38-29)18-26(42)40-22-10-14-44-15-11-22/h5-7,19-22,30H,8-18H2,1-4H3,(H,40,42)(H,37,38,39)/t20-/m1/s1. The molecule has 1 aromatic heterocycles. The molecular formula is C33H44F3N5O6. The predicted molar refractivity (Wildman–Crippen MR) is 165 cm³/mol. The molecule has 5 rings (SSSR count). The van der Waals surface area contributed by atoms with Crippen LogP contribution in [0.1, 0.15) is 88.1 Å². The zero-order chi connectivity index (χ0) is 33.8. The van der Waals surface area contributed by atoms with Gasteiger partial charge >= 0.3 is 6.09 Å². The minimum Gasteiger partial charge on any atom is -0.444 e. The van der Waals surface area contributed by atoms with Crippen LogP contribution in [0.5, 0.6) is 0 Å². The second-order valence-corrected chi connectivity index (χ2v) is 13.2. The van der Waals surface area contributed by atoms with Gasteiger partial charge in [0.1, 0.15) is 23.6 Å². The largest absolute Gasteiger partial charge is 0.444 e. The third kappa shape index (κ3) is 8.52. The quantitative estimate of drug-likeness (QED) is 0.363. The average Bonchev–Trinajstić information content (AvgIpc) is 3.55. The van der Waals surface area contributed by atoms with Gasteiger partial charge in [0.2, 0.25) is 5.91 Å². The number of rotatable bonds is 9. The van der Waals surface area contributed by atoms with Crippen LogP contribution < -0.4 is 10.6 Å². The summed E-state index contributed by atoms with van der Waals surface area (Å²) in [5, 5.41) is 6.15. The maximum atomic E-state index is 16.0. The van der Waals surface area contributed by atoms with Gasteiger partial charge in [-0.25, -0.2) is 27.9 Å². The van der Waals surface area contributed by atoms with Gasteiger partial charge in [0.05, 0.1) is 42.5 Å². The molecule has 3 fully saturated rings. The normalized spacial score (nSPS) is 19.4. The Bertz CT molecular complexity index is 1400. The lowest BCUT2D eigenvalue weighted by Gasteiger charge is -2.37. The van der Waals surface area contributed by atoms with Crippen LogP contribution in [0.3, 0.4) is 0 Å². The number of alkyl halides is 2. The molecule has 3 aliphatic heterocycles. The molecule has 3 aliphatic rings. The second-order valence-electron chi connectivity index (χ2n) is 13.2. The third-order valence-corrected chi connectivity index (χ3v) is 8.61. The number of carbonyl (C=O) groups is 2. The molecule has 1 atom stereocenters. The molecule has 2 aromatic rings. The fraction of sp³-hybridized carbons (Fsp3) is 0.636. The van der Waals surface area contributed by atoms with Gasteiger partial charge in [0.15, 0.2) is 6.29 Å². The van der Waals surface area contributed by atoms with E-state index in [4.69, 9.17) is 18.9 Å². The first-order valence-electron chi connectivity index (χ1n) is 16.2. The summed E-state index contributed by atoms with van der Waals surface area (Å²) in [5.74, 6) is -5.64. The summed E-state index contributed by atoms with van der Waals surface area (Å²) >= 11 is 0. The summed E-state index contributed by atoms with van der Waals surface area (Å²) in [6, 6.07) is 3.16. The number of piperidine rings is 1. The van der Waals surface area contributed by atoms with Crippen molar-refractivity contribution >= 4 is 17.8 Å². The second kappa shape index (κ2) is 14.7. The average molecular weight is 664 g/mol. The Morgan fingerprint density at radius 1 is 1.04 bits per heavy atom. The van der Waals surface area contributed by atoms with E-state index in [2.05, 4.69) is 20.6 Å². The van der Waals surface area contributed by atoms with E-state index >= 15 is 13.2 Å². The van der Waals surface area contributed by atoms with Crippen molar-refractivity contribution in [2.24, 2.45) is 5.92 Å². The topological polar surface area (TPSA) is 124 Å². The number of nitrogens with zero attached hydrogens (tertiary/aromatic N) is 3. The maximum Gasteiger partial charge on any atom is 0.410 e. The number of anilines is 1. The van der Waals surface area contributed by atoms with Crippen LogP contribution in [0.15, 0.2) is 24.5 Å². The fourth-order valence-electron chi connectivity index (χ4n) is 6.13. The Morgan fingerprint density at radius 2 is 1.72 bits per heavy atom. The van der Waals surface area contributed by atoms with Crippen molar-refractivity contribution < 1.29 is 41.7 Å². The van der Waals surface area contributed by atoms with Crippen molar-refractivity contribution in [2.45, 2.75) is 89.7 Å². The molecule has 258 valence electrons. The van der Waals surface area contributed by atoms with E-state index in [1.165, 1.54) is 23.4 Å². The van der Waals surface area contributed by atoms with Gasteiger partial charge in [-0.2, -0.15) is 0 Å². The van der Waals surface area contributed by atoms with Crippen molar-refractivity contribution in [2.75, 3.05) is 44.8 Å². The number of amides is 2. The van der Waals surface area contributed by atoms with Gasteiger partial charge in [-0.15, -0.1) is 0 Å². The van der Waals surface area contributed by atoms with Crippen molar-refractivity contribution in [1.29, 1.82) is 0 Å². The maximum absolute atomic E-state index is 16.0. The minimum absolute atomic E-state index is 0.000274. The van der Waals surface area contributed by atoms with Gasteiger partial charge < -0.3 is 34.5 Å². The van der Waals surface area contributed by atoms with Gasteiger partial charge in [0.25, 0.3) is 5.92 Å². The van der Waals surface area contributed by atoms with Gasteiger partial charge in [0, 0.05) is 43.8 Å². The van der Waals surface area contributed by atoms with Crippen LogP contribution in [0.2, 0.25) is 0 Å². The van der Waals surface area contributed by atoms with Crippen molar-refractivity contribution in [1.82, 2.24) is 20.2 Å². The molecular weight excluding hydrogens is 619 g/mol. The van der Waals surface area contributed by atoms with E-state index in [1.807, 2.05) is 0 Å². The number of carbonyl (C=O) groups excluding carboxylic acids is 2. The van der Waals surface area contributed by atoms with E-state index in [1.54, 1.807) is 27.7 Å². The third-order valence-electron chi connectivity index (χ3n) is 8.61. The van der Waals surface area contributed by atoms with Gasteiger partial charge in [-0.1, -0.05) is 18.2 Å². The summed E-state index contributed by atoms with van der Waals surface area (Å²) < 4.78 is 70.0. The van der Waals surface area contributed by atoms with Crippen molar-refractivity contribution in [3.63, 3.8) is 0 Å². The Balaban J connectivity index is 1.31. The Morgan fingerprint density at radius 3 is 2.38 bits per heavy atom. The summed E-state index contributed by atoms with van der Waals surface area (Å²) in [5.41, 5.74) is -0.598. The lowest BCUT2D eigenvalue weighted by molar-refractivity contribution is -0.121. The number of aromatic nitrogens is 2. The number of nitrogens with one attached hydrogen (secondary N) is 2. The van der Waals surface area contributed by atoms with Crippen molar-refractivity contribution in [3.8, 4) is 0 Å². The number of halogens is 3.